The zero-order chi connectivity index (χ0) is 13.8. The number of para-hydroxylation sites is 1. The van der Waals surface area contributed by atoms with Gasteiger partial charge in [0.15, 0.2) is 4.77 Å². The molecule has 5 nitrogen and oxygen atoms in total. The van der Waals surface area contributed by atoms with Gasteiger partial charge < -0.3 is 4.98 Å². The fourth-order valence-electron chi connectivity index (χ4n) is 1.78. The van der Waals surface area contributed by atoms with Gasteiger partial charge in [0, 0.05) is 6.42 Å². The summed E-state index contributed by atoms with van der Waals surface area (Å²) in [7, 11) is 0. The van der Waals surface area contributed by atoms with Gasteiger partial charge in [0.05, 0.1) is 10.9 Å². The highest BCUT2D eigenvalue weighted by molar-refractivity contribution is 7.71. The summed E-state index contributed by atoms with van der Waals surface area (Å²) in [5.74, 6) is -0.210. The second-order valence-electron chi connectivity index (χ2n) is 4.25. The van der Waals surface area contributed by atoms with Crippen LogP contribution in [0.2, 0.25) is 0 Å². The van der Waals surface area contributed by atoms with Crippen LogP contribution in [0.3, 0.4) is 0 Å². The molecule has 0 aliphatic carbocycles. The van der Waals surface area contributed by atoms with Crippen molar-refractivity contribution in [2.45, 2.75) is 26.2 Å². The lowest BCUT2D eigenvalue weighted by Gasteiger charge is -2.09. The van der Waals surface area contributed by atoms with Crippen LogP contribution in [0.1, 0.15) is 26.2 Å². The zero-order valence-electron chi connectivity index (χ0n) is 10.6. The minimum Gasteiger partial charge on any atom is -0.330 e. The van der Waals surface area contributed by atoms with Crippen molar-refractivity contribution in [3.8, 4) is 0 Å². The molecule has 2 rings (SSSR count). The van der Waals surface area contributed by atoms with Crippen molar-refractivity contribution in [3.63, 3.8) is 0 Å². The SMILES string of the molecule is CCCCC(=O)Nn1c(=S)[nH]c2ccccc2c1=O. The van der Waals surface area contributed by atoms with Gasteiger partial charge in [-0.3, -0.25) is 15.0 Å². The molecule has 100 valence electrons. The second kappa shape index (κ2) is 5.79. The number of hydrogen-bond donors (Lipinski definition) is 2. The predicted octanol–water partition coefficient (Wildman–Crippen LogP) is 2.32. The van der Waals surface area contributed by atoms with Crippen molar-refractivity contribution in [1.82, 2.24) is 9.66 Å². The van der Waals surface area contributed by atoms with Crippen molar-refractivity contribution in [2.75, 3.05) is 5.43 Å². The van der Waals surface area contributed by atoms with Gasteiger partial charge in [-0.2, -0.15) is 4.68 Å². The number of rotatable bonds is 4. The number of aromatic nitrogens is 2. The molecule has 0 unspecified atom stereocenters. The number of nitrogens with zero attached hydrogens (tertiary/aromatic N) is 1. The minimum absolute atomic E-state index is 0.188. The lowest BCUT2D eigenvalue weighted by atomic mass is 10.2. The number of amides is 1. The van der Waals surface area contributed by atoms with Crippen molar-refractivity contribution >= 4 is 29.0 Å². The molecular weight excluding hydrogens is 262 g/mol. The fraction of sp³-hybridized carbons (Fsp3) is 0.308. The molecule has 6 heteroatoms. The fourth-order valence-corrected chi connectivity index (χ4v) is 2.02. The Hall–Kier alpha value is -1.95. The van der Waals surface area contributed by atoms with Crippen LogP contribution < -0.4 is 11.0 Å². The van der Waals surface area contributed by atoms with E-state index in [0.717, 1.165) is 17.5 Å². The zero-order valence-corrected chi connectivity index (χ0v) is 11.4. The molecule has 2 aromatic rings. The number of nitrogens with one attached hydrogen (secondary N) is 2. The van der Waals surface area contributed by atoms with E-state index in [1.807, 2.05) is 13.0 Å². The van der Waals surface area contributed by atoms with E-state index in [0.29, 0.717) is 17.3 Å². The normalized spacial score (nSPS) is 10.6. The molecule has 1 aromatic carbocycles. The van der Waals surface area contributed by atoms with E-state index < -0.39 is 0 Å². The van der Waals surface area contributed by atoms with Gasteiger partial charge in [0.1, 0.15) is 0 Å². The summed E-state index contributed by atoms with van der Waals surface area (Å²) < 4.78 is 1.28. The molecular formula is C13H15N3O2S. The first-order chi connectivity index (χ1) is 9.13. The highest BCUT2D eigenvalue weighted by Gasteiger charge is 2.07. The smallest absolute Gasteiger partial charge is 0.281 e. The van der Waals surface area contributed by atoms with E-state index in [9.17, 15) is 9.59 Å². The van der Waals surface area contributed by atoms with Crippen LogP contribution >= 0.6 is 12.2 Å². The molecule has 0 saturated heterocycles. The molecule has 0 bridgehead atoms. The van der Waals surface area contributed by atoms with Gasteiger partial charge in [-0.1, -0.05) is 25.5 Å². The Labute approximate surface area is 115 Å². The number of aromatic amines is 1. The first-order valence-corrected chi connectivity index (χ1v) is 6.58. The summed E-state index contributed by atoms with van der Waals surface area (Å²) in [6.07, 6.45) is 2.09. The topological polar surface area (TPSA) is 66.9 Å². The summed E-state index contributed by atoms with van der Waals surface area (Å²) >= 11 is 5.09. The van der Waals surface area contributed by atoms with Crippen LogP contribution in [-0.4, -0.2) is 15.6 Å². The van der Waals surface area contributed by atoms with Crippen LogP contribution in [0.25, 0.3) is 10.9 Å². The molecule has 0 atom stereocenters. The van der Waals surface area contributed by atoms with E-state index in [1.165, 1.54) is 0 Å². The standard InChI is InChI=1S/C13H15N3O2S/c1-2-3-8-11(17)15-16-12(18)9-6-4-5-7-10(9)14-13(16)19/h4-7H,2-3,8H2,1H3,(H,14,19)(H,15,17). The van der Waals surface area contributed by atoms with Gasteiger partial charge in [0.25, 0.3) is 5.56 Å². The molecule has 1 heterocycles. The molecule has 0 aliphatic rings. The number of hydrogen-bond acceptors (Lipinski definition) is 3. The van der Waals surface area contributed by atoms with Gasteiger partial charge in [-0.15, -0.1) is 0 Å². The summed E-state index contributed by atoms with van der Waals surface area (Å²) in [5.41, 5.74) is 2.88. The maximum atomic E-state index is 12.2. The molecule has 1 aromatic heterocycles. The quantitative estimate of drug-likeness (QED) is 0.843. The third kappa shape index (κ3) is 2.90. The van der Waals surface area contributed by atoms with E-state index in [-0.39, 0.29) is 16.2 Å². The van der Waals surface area contributed by atoms with Gasteiger partial charge >= 0.3 is 0 Å². The molecule has 0 saturated carbocycles. The van der Waals surface area contributed by atoms with Crippen molar-refractivity contribution in [2.24, 2.45) is 0 Å². The first kappa shape index (κ1) is 13.5. The Kier molecular flexibility index (Phi) is 4.11. The third-order valence-corrected chi connectivity index (χ3v) is 3.08. The van der Waals surface area contributed by atoms with E-state index in [1.54, 1.807) is 18.2 Å². The number of unbranched alkanes of at least 4 members (excludes halogenated alkanes) is 1. The maximum absolute atomic E-state index is 12.2. The van der Waals surface area contributed by atoms with Gasteiger partial charge in [0.2, 0.25) is 5.91 Å². The third-order valence-electron chi connectivity index (χ3n) is 2.80. The second-order valence-corrected chi connectivity index (χ2v) is 4.64. The minimum atomic E-state index is -0.316. The summed E-state index contributed by atoms with van der Waals surface area (Å²) in [5, 5.41) is 0.492. The number of carbonyl (C=O) groups excluding carboxylic acids is 1. The van der Waals surface area contributed by atoms with Crippen molar-refractivity contribution < 1.29 is 4.79 Å². The monoisotopic (exact) mass is 277 g/mol. The van der Waals surface area contributed by atoms with Crippen molar-refractivity contribution in [1.29, 1.82) is 0 Å². The number of benzene rings is 1. The highest BCUT2D eigenvalue weighted by Crippen LogP contribution is 2.05. The number of carbonyl (C=O) groups is 1. The van der Waals surface area contributed by atoms with Crippen LogP contribution in [0.5, 0.6) is 0 Å². The largest absolute Gasteiger partial charge is 0.330 e. The van der Waals surface area contributed by atoms with E-state index in [2.05, 4.69) is 10.4 Å². The molecule has 0 fully saturated rings. The Balaban J connectivity index is 2.41. The molecule has 1 amide bonds. The highest BCUT2D eigenvalue weighted by atomic mass is 32.1. The molecule has 0 radical (unpaired) electrons. The number of fused-ring (bicyclic) bond motifs is 1. The Bertz CT molecular complexity index is 718. The van der Waals surface area contributed by atoms with Crippen LogP contribution in [-0.2, 0) is 4.79 Å². The average molecular weight is 277 g/mol. The summed E-state index contributed by atoms with van der Waals surface area (Å²) in [6, 6.07) is 7.05. The number of H-pyrrole nitrogens is 1. The van der Waals surface area contributed by atoms with Gasteiger partial charge in [-0.25, -0.2) is 0 Å². The summed E-state index contributed by atoms with van der Waals surface area (Å²) in [6.45, 7) is 2.00. The lowest BCUT2D eigenvalue weighted by Crippen LogP contribution is -2.34. The van der Waals surface area contributed by atoms with Crippen LogP contribution in [0, 0.1) is 4.77 Å². The lowest BCUT2D eigenvalue weighted by molar-refractivity contribution is -0.117. The molecule has 19 heavy (non-hydrogen) atoms. The molecule has 0 spiro atoms. The summed E-state index contributed by atoms with van der Waals surface area (Å²) in [4.78, 5) is 26.8. The van der Waals surface area contributed by atoms with Crippen LogP contribution in [0.15, 0.2) is 29.1 Å². The average Bonchev–Trinajstić information content (AvgIpc) is 2.41. The van der Waals surface area contributed by atoms with E-state index in [4.69, 9.17) is 12.2 Å². The van der Waals surface area contributed by atoms with Crippen molar-refractivity contribution in [3.05, 3.63) is 39.4 Å². The Morgan fingerprint density at radius 2 is 2.16 bits per heavy atom. The van der Waals surface area contributed by atoms with Crippen LogP contribution in [0.4, 0.5) is 0 Å². The first-order valence-electron chi connectivity index (χ1n) is 6.17. The Morgan fingerprint density at radius 3 is 2.89 bits per heavy atom. The molecule has 2 N–H and O–H groups in total. The Morgan fingerprint density at radius 1 is 1.42 bits per heavy atom. The molecule has 0 aliphatic heterocycles. The van der Waals surface area contributed by atoms with Gasteiger partial charge in [-0.05, 0) is 30.8 Å². The van der Waals surface area contributed by atoms with E-state index >= 15 is 0 Å². The predicted molar refractivity (Wildman–Crippen MR) is 77.3 cm³/mol. The maximum Gasteiger partial charge on any atom is 0.281 e.